The second-order valence-corrected chi connectivity index (χ2v) is 7.09. The first-order chi connectivity index (χ1) is 10.6. The van der Waals surface area contributed by atoms with Gasteiger partial charge in [0.15, 0.2) is 0 Å². The fourth-order valence-corrected chi connectivity index (χ4v) is 3.09. The van der Waals surface area contributed by atoms with E-state index >= 15 is 0 Å². The molecule has 0 aromatic heterocycles. The van der Waals surface area contributed by atoms with Crippen molar-refractivity contribution in [3.8, 4) is 0 Å². The predicted molar refractivity (Wildman–Crippen MR) is 99.5 cm³/mol. The van der Waals surface area contributed by atoms with Gasteiger partial charge in [-0.1, -0.05) is 6.92 Å². The number of nitrogens with zero attached hydrogens (tertiary/aromatic N) is 1. The van der Waals surface area contributed by atoms with Crippen molar-refractivity contribution in [2.45, 2.75) is 13.3 Å². The molecule has 1 aliphatic heterocycles. The standard InChI is InChI=1S/C18H19IN2O/c1-13-10-11-21(12-13)17-8-6-16(7-9-17)20-18(22)14-2-4-15(19)5-3-14/h2-9,13H,10-12H2,1H3,(H,20,22). The number of carbonyl (C=O) groups excluding carboxylic acids is 1. The summed E-state index contributed by atoms with van der Waals surface area (Å²) in [5.74, 6) is 0.694. The maximum atomic E-state index is 12.2. The Balaban J connectivity index is 1.65. The second-order valence-electron chi connectivity index (χ2n) is 5.85. The minimum Gasteiger partial charge on any atom is -0.371 e. The number of halogens is 1. The highest BCUT2D eigenvalue weighted by atomic mass is 127. The summed E-state index contributed by atoms with van der Waals surface area (Å²) in [4.78, 5) is 14.6. The summed E-state index contributed by atoms with van der Waals surface area (Å²) in [5.41, 5.74) is 2.74. The van der Waals surface area contributed by atoms with Crippen LogP contribution >= 0.6 is 22.6 Å². The molecule has 1 amide bonds. The first-order valence-electron chi connectivity index (χ1n) is 7.54. The molecule has 1 fully saturated rings. The van der Waals surface area contributed by atoms with Crippen LogP contribution in [0.1, 0.15) is 23.7 Å². The van der Waals surface area contributed by atoms with Gasteiger partial charge in [0.05, 0.1) is 0 Å². The molecule has 22 heavy (non-hydrogen) atoms. The SMILES string of the molecule is CC1CCN(c2ccc(NC(=O)c3ccc(I)cc3)cc2)C1. The highest BCUT2D eigenvalue weighted by Crippen LogP contribution is 2.25. The molecule has 4 heteroatoms. The fraction of sp³-hybridized carbons (Fsp3) is 0.278. The summed E-state index contributed by atoms with van der Waals surface area (Å²) in [7, 11) is 0. The van der Waals surface area contributed by atoms with Crippen LogP contribution in [0, 0.1) is 9.49 Å². The minimum atomic E-state index is -0.0704. The third kappa shape index (κ3) is 3.61. The Bertz CT molecular complexity index is 652. The summed E-state index contributed by atoms with van der Waals surface area (Å²) in [6, 6.07) is 15.7. The van der Waals surface area contributed by atoms with Crippen LogP contribution in [0.2, 0.25) is 0 Å². The van der Waals surface area contributed by atoms with Crippen LogP contribution in [0.5, 0.6) is 0 Å². The molecule has 2 aromatic rings. The molecule has 1 atom stereocenters. The van der Waals surface area contributed by atoms with Crippen LogP contribution < -0.4 is 10.2 Å². The lowest BCUT2D eigenvalue weighted by atomic mass is 10.2. The smallest absolute Gasteiger partial charge is 0.255 e. The van der Waals surface area contributed by atoms with E-state index in [2.05, 4.69) is 51.9 Å². The van der Waals surface area contributed by atoms with Gasteiger partial charge < -0.3 is 10.2 Å². The molecule has 0 bridgehead atoms. The van der Waals surface area contributed by atoms with Crippen LogP contribution in [0.3, 0.4) is 0 Å². The van der Waals surface area contributed by atoms with E-state index in [0.29, 0.717) is 5.56 Å². The molecule has 114 valence electrons. The van der Waals surface area contributed by atoms with Gasteiger partial charge in [0, 0.05) is 33.6 Å². The van der Waals surface area contributed by atoms with Crippen LogP contribution in [-0.2, 0) is 0 Å². The number of rotatable bonds is 3. The number of hydrogen-bond donors (Lipinski definition) is 1. The topological polar surface area (TPSA) is 32.3 Å². The number of amides is 1. The van der Waals surface area contributed by atoms with E-state index in [-0.39, 0.29) is 5.91 Å². The maximum Gasteiger partial charge on any atom is 0.255 e. The van der Waals surface area contributed by atoms with Gasteiger partial charge in [0.1, 0.15) is 0 Å². The monoisotopic (exact) mass is 406 g/mol. The van der Waals surface area contributed by atoms with E-state index < -0.39 is 0 Å². The lowest BCUT2D eigenvalue weighted by Crippen LogP contribution is -2.19. The number of carbonyl (C=O) groups is 1. The average molecular weight is 406 g/mol. The lowest BCUT2D eigenvalue weighted by molar-refractivity contribution is 0.102. The molecule has 1 N–H and O–H groups in total. The van der Waals surface area contributed by atoms with E-state index in [1.54, 1.807) is 0 Å². The number of benzene rings is 2. The van der Waals surface area contributed by atoms with Crippen molar-refractivity contribution in [1.29, 1.82) is 0 Å². The zero-order valence-corrected chi connectivity index (χ0v) is 14.7. The molecule has 1 saturated heterocycles. The van der Waals surface area contributed by atoms with E-state index in [1.807, 2.05) is 36.4 Å². The molecular formula is C18H19IN2O. The molecule has 3 rings (SSSR count). The Hall–Kier alpha value is -1.56. The fourth-order valence-electron chi connectivity index (χ4n) is 2.73. The van der Waals surface area contributed by atoms with Gasteiger partial charge in [-0.15, -0.1) is 0 Å². The Kier molecular flexibility index (Phi) is 4.66. The Morgan fingerprint density at radius 1 is 1.14 bits per heavy atom. The number of nitrogens with one attached hydrogen (secondary N) is 1. The van der Waals surface area contributed by atoms with Crippen LogP contribution in [0.15, 0.2) is 48.5 Å². The Labute approximate surface area is 144 Å². The maximum absolute atomic E-state index is 12.2. The van der Waals surface area contributed by atoms with Crippen molar-refractivity contribution in [2.75, 3.05) is 23.3 Å². The van der Waals surface area contributed by atoms with Gasteiger partial charge in [0.25, 0.3) is 5.91 Å². The van der Waals surface area contributed by atoms with Gasteiger partial charge in [-0.2, -0.15) is 0 Å². The number of anilines is 2. The molecule has 2 aromatic carbocycles. The van der Waals surface area contributed by atoms with E-state index in [0.717, 1.165) is 28.3 Å². The second kappa shape index (κ2) is 6.69. The lowest BCUT2D eigenvalue weighted by Gasteiger charge is -2.18. The quantitative estimate of drug-likeness (QED) is 0.767. The Morgan fingerprint density at radius 2 is 1.82 bits per heavy atom. The van der Waals surface area contributed by atoms with Gasteiger partial charge in [-0.05, 0) is 83.5 Å². The first-order valence-corrected chi connectivity index (χ1v) is 8.61. The zero-order chi connectivity index (χ0) is 15.5. The summed E-state index contributed by atoms with van der Waals surface area (Å²) >= 11 is 2.23. The normalized spacial score (nSPS) is 17.5. The summed E-state index contributed by atoms with van der Waals surface area (Å²) in [5, 5.41) is 2.94. The molecule has 0 spiro atoms. The van der Waals surface area contributed by atoms with E-state index in [1.165, 1.54) is 12.1 Å². The highest BCUT2D eigenvalue weighted by molar-refractivity contribution is 14.1. The van der Waals surface area contributed by atoms with Gasteiger partial charge in [-0.3, -0.25) is 4.79 Å². The highest BCUT2D eigenvalue weighted by Gasteiger charge is 2.18. The van der Waals surface area contributed by atoms with E-state index in [9.17, 15) is 4.79 Å². The average Bonchev–Trinajstić information content (AvgIpc) is 2.95. The van der Waals surface area contributed by atoms with Gasteiger partial charge >= 0.3 is 0 Å². The van der Waals surface area contributed by atoms with Crippen molar-refractivity contribution in [3.05, 3.63) is 57.7 Å². The molecule has 1 heterocycles. The van der Waals surface area contributed by atoms with Gasteiger partial charge in [-0.25, -0.2) is 0 Å². The molecule has 0 radical (unpaired) electrons. The van der Waals surface area contributed by atoms with Crippen molar-refractivity contribution in [2.24, 2.45) is 5.92 Å². The molecule has 0 aliphatic carbocycles. The summed E-state index contributed by atoms with van der Waals surface area (Å²) < 4.78 is 1.12. The molecule has 0 saturated carbocycles. The van der Waals surface area contributed by atoms with Crippen molar-refractivity contribution >= 4 is 39.9 Å². The molecule has 3 nitrogen and oxygen atoms in total. The van der Waals surface area contributed by atoms with Crippen LogP contribution in [0.25, 0.3) is 0 Å². The zero-order valence-electron chi connectivity index (χ0n) is 12.6. The van der Waals surface area contributed by atoms with Crippen LogP contribution in [0.4, 0.5) is 11.4 Å². The summed E-state index contributed by atoms with van der Waals surface area (Å²) in [6.07, 6.45) is 1.26. The minimum absolute atomic E-state index is 0.0704. The largest absolute Gasteiger partial charge is 0.371 e. The summed E-state index contributed by atoms with van der Waals surface area (Å²) in [6.45, 7) is 4.53. The first kappa shape index (κ1) is 15.3. The molecular weight excluding hydrogens is 387 g/mol. The third-order valence-corrected chi connectivity index (χ3v) is 4.74. The predicted octanol–water partition coefficient (Wildman–Crippen LogP) is 4.39. The van der Waals surface area contributed by atoms with Crippen LogP contribution in [-0.4, -0.2) is 19.0 Å². The molecule has 1 unspecified atom stereocenters. The molecule has 1 aliphatic rings. The number of hydrogen-bond acceptors (Lipinski definition) is 2. The van der Waals surface area contributed by atoms with E-state index in [4.69, 9.17) is 0 Å². The van der Waals surface area contributed by atoms with Crippen molar-refractivity contribution < 1.29 is 4.79 Å². The van der Waals surface area contributed by atoms with Crippen molar-refractivity contribution in [1.82, 2.24) is 0 Å². The Morgan fingerprint density at radius 3 is 2.41 bits per heavy atom. The van der Waals surface area contributed by atoms with Crippen molar-refractivity contribution in [3.63, 3.8) is 0 Å². The third-order valence-electron chi connectivity index (χ3n) is 4.02. The van der Waals surface area contributed by atoms with Gasteiger partial charge in [0.2, 0.25) is 0 Å².